The molecular formula is C16H22BF3O3. The van der Waals surface area contributed by atoms with Gasteiger partial charge in [-0.3, -0.25) is 0 Å². The van der Waals surface area contributed by atoms with Crippen molar-refractivity contribution in [2.45, 2.75) is 57.9 Å². The summed E-state index contributed by atoms with van der Waals surface area (Å²) in [6.07, 6.45) is -3.99. The summed E-state index contributed by atoms with van der Waals surface area (Å²) >= 11 is 0. The normalized spacial score (nSPS) is 20.1. The van der Waals surface area contributed by atoms with Gasteiger partial charge in [-0.05, 0) is 57.6 Å². The third kappa shape index (κ3) is 3.73. The van der Waals surface area contributed by atoms with Crippen LogP contribution in [0.1, 0.15) is 45.2 Å². The molecule has 1 saturated heterocycles. The number of aliphatic hydroxyl groups is 1. The second-order valence-electron chi connectivity index (χ2n) is 6.83. The fraction of sp³-hybridized carbons (Fsp3) is 0.625. The molecule has 0 aliphatic carbocycles. The SMILES string of the molecule is CC1(C)OB(c2ccc(CCCO)c(C(F)(F)F)c2)OC1(C)C. The predicted octanol–water partition coefficient (Wildman–Crippen LogP) is 2.93. The first-order valence-corrected chi connectivity index (χ1v) is 7.64. The molecule has 1 aromatic carbocycles. The van der Waals surface area contributed by atoms with Crippen LogP contribution in [0.2, 0.25) is 0 Å². The number of halogens is 3. The van der Waals surface area contributed by atoms with Gasteiger partial charge < -0.3 is 14.4 Å². The van der Waals surface area contributed by atoms with Crippen LogP contribution in [0.15, 0.2) is 18.2 Å². The van der Waals surface area contributed by atoms with Gasteiger partial charge in [0.05, 0.1) is 16.8 Å². The largest absolute Gasteiger partial charge is 0.494 e. The van der Waals surface area contributed by atoms with Crippen LogP contribution in [-0.4, -0.2) is 30.0 Å². The molecule has 1 N–H and O–H groups in total. The lowest BCUT2D eigenvalue weighted by Gasteiger charge is -2.32. The highest BCUT2D eigenvalue weighted by Gasteiger charge is 2.52. The van der Waals surface area contributed by atoms with Crippen LogP contribution < -0.4 is 5.46 Å². The second kappa shape index (κ2) is 6.11. The molecule has 1 fully saturated rings. The molecule has 1 aromatic rings. The standard InChI is InChI=1S/C16H22BF3O3/c1-14(2)15(3,4)23-17(22-14)12-8-7-11(6-5-9-21)13(10-12)16(18,19)20/h7-8,10,21H,5-6,9H2,1-4H3. The van der Waals surface area contributed by atoms with Crippen molar-refractivity contribution in [3.63, 3.8) is 0 Å². The molecule has 0 atom stereocenters. The Morgan fingerprint density at radius 2 is 1.65 bits per heavy atom. The molecule has 0 amide bonds. The molecular weight excluding hydrogens is 308 g/mol. The molecule has 0 spiro atoms. The molecule has 7 heteroatoms. The van der Waals surface area contributed by atoms with Crippen molar-refractivity contribution in [1.29, 1.82) is 0 Å². The summed E-state index contributed by atoms with van der Waals surface area (Å²) in [5.41, 5.74) is -1.38. The lowest BCUT2D eigenvalue weighted by Crippen LogP contribution is -2.41. The average Bonchev–Trinajstić information content (AvgIpc) is 2.64. The van der Waals surface area contributed by atoms with Crippen LogP contribution in [0.5, 0.6) is 0 Å². The summed E-state index contributed by atoms with van der Waals surface area (Å²) < 4.78 is 51.5. The molecule has 1 aliphatic heterocycles. The van der Waals surface area contributed by atoms with E-state index in [1.807, 2.05) is 27.7 Å². The quantitative estimate of drug-likeness (QED) is 0.863. The zero-order valence-corrected chi connectivity index (χ0v) is 13.8. The average molecular weight is 330 g/mol. The van der Waals surface area contributed by atoms with Crippen molar-refractivity contribution >= 4 is 12.6 Å². The van der Waals surface area contributed by atoms with Gasteiger partial charge in [-0.15, -0.1) is 0 Å². The number of hydrogen-bond acceptors (Lipinski definition) is 3. The number of aryl methyl sites for hydroxylation is 1. The fourth-order valence-electron chi connectivity index (χ4n) is 2.47. The van der Waals surface area contributed by atoms with E-state index >= 15 is 0 Å². The van der Waals surface area contributed by atoms with E-state index in [1.54, 1.807) is 6.07 Å². The Kier molecular flexibility index (Phi) is 4.86. The van der Waals surface area contributed by atoms with Gasteiger partial charge in [-0.25, -0.2) is 0 Å². The number of hydrogen-bond donors (Lipinski definition) is 1. The maximum atomic E-state index is 13.3. The Labute approximate surface area is 134 Å². The summed E-state index contributed by atoms with van der Waals surface area (Å²) in [6.45, 7) is 7.28. The number of aliphatic hydroxyl groups excluding tert-OH is 1. The molecule has 0 saturated carbocycles. The van der Waals surface area contributed by atoms with Gasteiger partial charge in [0.1, 0.15) is 0 Å². The Bertz CT molecular complexity index is 554. The Morgan fingerprint density at radius 3 is 2.13 bits per heavy atom. The lowest BCUT2D eigenvalue weighted by atomic mass is 9.77. The Balaban J connectivity index is 2.35. The molecule has 23 heavy (non-hydrogen) atoms. The van der Waals surface area contributed by atoms with Crippen LogP contribution in [0, 0.1) is 0 Å². The van der Waals surface area contributed by atoms with Crippen molar-refractivity contribution in [1.82, 2.24) is 0 Å². The molecule has 0 bridgehead atoms. The summed E-state index contributed by atoms with van der Waals surface area (Å²) in [7, 11) is -0.826. The molecule has 0 aromatic heterocycles. The van der Waals surface area contributed by atoms with Gasteiger partial charge >= 0.3 is 13.3 Å². The van der Waals surface area contributed by atoms with E-state index in [9.17, 15) is 13.2 Å². The van der Waals surface area contributed by atoms with Crippen LogP contribution in [0.4, 0.5) is 13.2 Å². The van der Waals surface area contributed by atoms with E-state index in [4.69, 9.17) is 14.4 Å². The second-order valence-corrected chi connectivity index (χ2v) is 6.83. The summed E-state index contributed by atoms with van der Waals surface area (Å²) in [5, 5.41) is 8.84. The predicted molar refractivity (Wildman–Crippen MR) is 82.6 cm³/mol. The van der Waals surface area contributed by atoms with Crippen molar-refractivity contribution in [2.75, 3.05) is 6.61 Å². The monoisotopic (exact) mass is 330 g/mol. The lowest BCUT2D eigenvalue weighted by molar-refractivity contribution is -0.138. The van der Waals surface area contributed by atoms with Crippen molar-refractivity contribution in [2.24, 2.45) is 0 Å². The van der Waals surface area contributed by atoms with Crippen LogP contribution in [0.25, 0.3) is 0 Å². The number of rotatable bonds is 4. The van der Waals surface area contributed by atoms with Crippen LogP contribution in [0.3, 0.4) is 0 Å². The van der Waals surface area contributed by atoms with E-state index in [-0.39, 0.29) is 18.6 Å². The first kappa shape index (κ1) is 18.3. The minimum absolute atomic E-state index is 0.143. The minimum Gasteiger partial charge on any atom is -0.399 e. The molecule has 1 heterocycles. The zero-order chi connectivity index (χ0) is 17.5. The van der Waals surface area contributed by atoms with Gasteiger partial charge in [0, 0.05) is 6.61 Å². The summed E-state index contributed by atoms with van der Waals surface area (Å²) in [4.78, 5) is 0. The highest BCUT2D eigenvalue weighted by Crippen LogP contribution is 2.37. The Hall–Kier alpha value is -1.05. The minimum atomic E-state index is -4.45. The third-order valence-corrected chi connectivity index (χ3v) is 4.57. The topological polar surface area (TPSA) is 38.7 Å². The van der Waals surface area contributed by atoms with Gasteiger partial charge in [0.25, 0.3) is 0 Å². The van der Waals surface area contributed by atoms with Gasteiger partial charge in [0.2, 0.25) is 0 Å². The first-order chi connectivity index (χ1) is 10.5. The highest BCUT2D eigenvalue weighted by molar-refractivity contribution is 6.62. The fourth-order valence-corrected chi connectivity index (χ4v) is 2.47. The van der Waals surface area contributed by atoms with Gasteiger partial charge in [-0.1, -0.05) is 12.1 Å². The zero-order valence-electron chi connectivity index (χ0n) is 13.8. The molecule has 3 nitrogen and oxygen atoms in total. The molecule has 1 aliphatic rings. The van der Waals surface area contributed by atoms with Crippen molar-refractivity contribution < 1.29 is 27.6 Å². The molecule has 2 rings (SSSR count). The van der Waals surface area contributed by atoms with E-state index in [2.05, 4.69) is 0 Å². The Morgan fingerprint density at radius 1 is 1.09 bits per heavy atom. The van der Waals surface area contributed by atoms with E-state index in [1.165, 1.54) is 6.07 Å². The highest BCUT2D eigenvalue weighted by atomic mass is 19.4. The third-order valence-electron chi connectivity index (χ3n) is 4.57. The number of alkyl halides is 3. The summed E-state index contributed by atoms with van der Waals surface area (Å²) in [5.74, 6) is 0. The van der Waals surface area contributed by atoms with E-state index in [0.29, 0.717) is 11.9 Å². The first-order valence-electron chi connectivity index (χ1n) is 7.64. The van der Waals surface area contributed by atoms with Crippen molar-refractivity contribution in [3.8, 4) is 0 Å². The smallest absolute Gasteiger partial charge is 0.399 e. The van der Waals surface area contributed by atoms with Crippen molar-refractivity contribution in [3.05, 3.63) is 29.3 Å². The maximum absolute atomic E-state index is 13.3. The van der Waals surface area contributed by atoms with Crippen LogP contribution >= 0.6 is 0 Å². The van der Waals surface area contributed by atoms with Crippen LogP contribution in [-0.2, 0) is 21.9 Å². The van der Waals surface area contributed by atoms with Gasteiger partial charge in [-0.2, -0.15) is 13.2 Å². The molecule has 0 radical (unpaired) electrons. The number of benzene rings is 1. The molecule has 0 unspecified atom stereocenters. The summed E-state index contributed by atoms with van der Waals surface area (Å²) in [6, 6.07) is 4.14. The maximum Gasteiger partial charge on any atom is 0.494 e. The molecule has 128 valence electrons. The van der Waals surface area contributed by atoms with E-state index in [0.717, 1.165) is 6.07 Å². The van der Waals surface area contributed by atoms with E-state index < -0.39 is 30.1 Å². The van der Waals surface area contributed by atoms with Gasteiger partial charge in [0.15, 0.2) is 0 Å².